The summed E-state index contributed by atoms with van der Waals surface area (Å²) >= 11 is 0. The molecule has 4 saturated carbocycles. The van der Waals surface area contributed by atoms with Crippen LogP contribution in [-0.4, -0.2) is 115 Å². The molecule has 0 aromatic rings. The van der Waals surface area contributed by atoms with E-state index in [-0.39, 0.29) is 0 Å². The first kappa shape index (κ1) is 38.5. The van der Waals surface area contributed by atoms with Gasteiger partial charge < -0.3 is 20.4 Å². The van der Waals surface area contributed by atoms with Gasteiger partial charge in [0, 0.05) is 0 Å². The lowest BCUT2D eigenvalue weighted by Gasteiger charge is -2.76. The normalized spacial score (nSPS) is 39.9. The fraction of sp³-hybridized carbons (Fsp3) is 1.00. The van der Waals surface area contributed by atoms with E-state index in [1.165, 1.54) is 9.47 Å². The topological polar surface area (TPSA) is 99.4 Å². The molecule has 272 valence electrons. The second kappa shape index (κ2) is 8.26. The Labute approximate surface area is 231 Å². The van der Waals surface area contributed by atoms with Crippen LogP contribution in [0.2, 0.25) is 0 Å². The quantitative estimate of drug-likeness (QED) is 0.275. The van der Waals surface area contributed by atoms with Crippen LogP contribution < -0.4 is 0 Å². The van der Waals surface area contributed by atoms with Crippen molar-refractivity contribution >= 4 is 0 Å². The van der Waals surface area contributed by atoms with Crippen LogP contribution in [0.3, 0.4) is 0 Å². The van der Waals surface area contributed by atoms with Crippen molar-refractivity contribution in [1.82, 2.24) is 0 Å². The maximum atomic E-state index is 15.5. The molecular weight excluding hydrogens is 744 g/mol. The van der Waals surface area contributed by atoms with Gasteiger partial charge in [-0.05, 0) is 0 Å². The summed E-state index contributed by atoms with van der Waals surface area (Å²) in [6, 6.07) is 0. The second-order valence-electron chi connectivity index (χ2n) is 9.69. The van der Waals surface area contributed by atoms with Crippen molar-refractivity contribution in [2.24, 2.45) is 0 Å². The third-order valence-electron chi connectivity index (χ3n) is 7.38. The fourth-order valence-corrected chi connectivity index (χ4v) is 5.08. The van der Waals surface area contributed by atoms with Gasteiger partial charge in [0.2, 0.25) is 0 Å². The number of halogens is 24. The second-order valence-corrected chi connectivity index (χ2v) is 9.69. The van der Waals surface area contributed by atoms with Crippen LogP contribution >= 0.6 is 0 Å². The average molecular weight is 748 g/mol. The third kappa shape index (κ3) is 2.99. The van der Waals surface area contributed by atoms with Crippen molar-refractivity contribution in [3.05, 3.63) is 0 Å². The van der Waals surface area contributed by atoms with Gasteiger partial charge in [-0.3, -0.25) is 9.47 Å². The Morgan fingerprint density at radius 1 is 0.326 bits per heavy atom. The first-order valence-electron chi connectivity index (χ1n) is 10.2. The molecular formula is C16H4F24O6. The molecule has 46 heavy (non-hydrogen) atoms. The third-order valence-corrected chi connectivity index (χ3v) is 7.38. The van der Waals surface area contributed by atoms with Crippen molar-refractivity contribution in [2.75, 3.05) is 0 Å². The van der Waals surface area contributed by atoms with Gasteiger partial charge in [-0.15, -0.1) is 0 Å². The lowest BCUT2D eigenvalue weighted by Crippen LogP contribution is -3.11. The summed E-state index contributed by atoms with van der Waals surface area (Å²) in [5.74, 6) is -70.7. The SMILES string of the molecule is OC(F)(F)C(O)(F)C(F)(F)OC12C(F)(F)C3(F)C(F)(F)C(F)(C1(F)F)C(F)(F)C(OC(F)(F)C(O)(F)C(O)(F)F)(C3(F)F)C2(F)F. The molecule has 4 fully saturated rings. The predicted octanol–water partition coefficient (Wildman–Crippen LogP) is 4.44. The van der Waals surface area contributed by atoms with E-state index in [4.69, 9.17) is 20.4 Å². The number of aliphatic hydroxyl groups is 4. The lowest BCUT2D eigenvalue weighted by atomic mass is 9.39. The first-order valence-corrected chi connectivity index (χ1v) is 10.2. The van der Waals surface area contributed by atoms with Crippen LogP contribution in [0.5, 0.6) is 0 Å². The van der Waals surface area contributed by atoms with Gasteiger partial charge in [-0.1, -0.05) is 0 Å². The zero-order valence-corrected chi connectivity index (χ0v) is 19.7. The van der Waals surface area contributed by atoms with Crippen molar-refractivity contribution in [1.29, 1.82) is 0 Å². The van der Waals surface area contributed by atoms with Gasteiger partial charge in [-0.25, -0.2) is 8.78 Å². The number of ether oxygens (including phenoxy) is 2. The fourth-order valence-electron chi connectivity index (χ4n) is 5.08. The molecule has 30 heteroatoms. The minimum atomic E-state index is -9.38. The lowest BCUT2D eigenvalue weighted by molar-refractivity contribution is -0.660. The summed E-state index contributed by atoms with van der Waals surface area (Å²) in [6.07, 6.45) is -32.1. The maximum Gasteiger partial charge on any atom is 0.424 e. The van der Waals surface area contributed by atoms with E-state index >= 15 is 52.7 Å². The first-order chi connectivity index (χ1) is 19.4. The molecule has 0 saturated heterocycles. The minimum Gasteiger partial charge on any atom is -0.348 e. The Balaban J connectivity index is 2.73. The minimum absolute atomic E-state index is 1.47. The molecule has 0 heterocycles. The smallest absolute Gasteiger partial charge is 0.348 e. The van der Waals surface area contributed by atoms with Crippen LogP contribution in [0, 0.1) is 0 Å². The molecule has 4 bridgehead atoms. The Hall–Kier alpha value is -1.92. The van der Waals surface area contributed by atoms with Gasteiger partial charge >= 0.3 is 83.0 Å². The Bertz CT molecular complexity index is 1170. The van der Waals surface area contributed by atoms with E-state index in [0.717, 1.165) is 0 Å². The summed E-state index contributed by atoms with van der Waals surface area (Å²) in [5.41, 5.74) is -36.3. The molecule has 0 radical (unpaired) electrons. The van der Waals surface area contributed by atoms with Gasteiger partial charge in [0.15, 0.2) is 0 Å². The maximum absolute atomic E-state index is 15.5. The molecule has 0 aromatic carbocycles. The van der Waals surface area contributed by atoms with Crippen molar-refractivity contribution < 1.29 is 135 Å². The van der Waals surface area contributed by atoms with E-state index in [1.54, 1.807) is 0 Å². The standard InChI is InChI=1S/C16H4F24O6/c17-1-5(19,20)2(18)8(25,26)3(6(1,21)22,45-15(37,38)11(31,41)13(33,34)43)10(29,30)4(7(1,23)24,9(2,27)28)46-16(39,40)12(32,42)14(35,36)44/h41-44H. The number of hydrogen-bond donors (Lipinski definition) is 4. The molecule has 0 spiro atoms. The highest BCUT2D eigenvalue weighted by atomic mass is 19.4. The van der Waals surface area contributed by atoms with E-state index in [9.17, 15) is 52.7 Å². The van der Waals surface area contributed by atoms with Gasteiger partial charge in [0.1, 0.15) is 0 Å². The number of rotatable bonds is 8. The molecule has 0 aliphatic heterocycles. The molecule has 4 aliphatic carbocycles. The van der Waals surface area contributed by atoms with Crippen LogP contribution in [0.1, 0.15) is 0 Å². The molecule has 6 nitrogen and oxygen atoms in total. The van der Waals surface area contributed by atoms with E-state index in [1.807, 2.05) is 0 Å². The summed E-state index contributed by atoms with van der Waals surface area (Å²) in [7, 11) is 0. The Kier molecular flexibility index (Phi) is 6.92. The van der Waals surface area contributed by atoms with Gasteiger partial charge in [0.25, 0.3) is 11.2 Å². The van der Waals surface area contributed by atoms with Crippen LogP contribution in [0.25, 0.3) is 0 Å². The molecule has 0 aromatic heterocycles. The highest BCUT2D eigenvalue weighted by Crippen LogP contribution is 2.89. The molecule has 4 N–H and O–H groups in total. The zero-order chi connectivity index (χ0) is 37.4. The Morgan fingerprint density at radius 3 is 0.696 bits per heavy atom. The molecule has 2 unspecified atom stereocenters. The highest BCUT2D eigenvalue weighted by molar-refractivity contribution is 5.55. The van der Waals surface area contributed by atoms with Crippen molar-refractivity contribution in [2.45, 2.75) is 94.2 Å². The predicted molar refractivity (Wildman–Crippen MR) is 81.3 cm³/mol. The summed E-state index contributed by atoms with van der Waals surface area (Å²) in [6.45, 7) is 0. The monoisotopic (exact) mass is 748 g/mol. The highest BCUT2D eigenvalue weighted by Gasteiger charge is 3.24. The van der Waals surface area contributed by atoms with Crippen LogP contribution in [-0.2, 0) is 9.47 Å². The van der Waals surface area contributed by atoms with E-state index < -0.39 is 94.2 Å². The van der Waals surface area contributed by atoms with Gasteiger partial charge in [0.05, 0.1) is 0 Å². The molecule has 4 aliphatic rings. The summed E-state index contributed by atoms with van der Waals surface area (Å²) < 4.78 is 349. The van der Waals surface area contributed by atoms with Crippen molar-refractivity contribution in [3.8, 4) is 0 Å². The largest absolute Gasteiger partial charge is 0.424 e. The van der Waals surface area contributed by atoms with Crippen LogP contribution in [0.15, 0.2) is 0 Å². The van der Waals surface area contributed by atoms with Crippen molar-refractivity contribution in [3.63, 3.8) is 0 Å². The molecule has 2 atom stereocenters. The number of alkyl halides is 24. The van der Waals surface area contributed by atoms with E-state index in [2.05, 4.69) is 0 Å². The summed E-state index contributed by atoms with van der Waals surface area (Å²) in [5, 5.41) is 32.7. The molecule has 0 amide bonds. The van der Waals surface area contributed by atoms with Crippen LogP contribution in [0.4, 0.5) is 105 Å². The molecule has 4 rings (SSSR count). The average Bonchev–Trinajstić information content (AvgIpc) is 2.79. The summed E-state index contributed by atoms with van der Waals surface area (Å²) in [4.78, 5) is 0. The van der Waals surface area contributed by atoms with Gasteiger partial charge in [-0.2, -0.15) is 96.6 Å². The Morgan fingerprint density at radius 2 is 0.522 bits per heavy atom. The number of hydrogen-bond acceptors (Lipinski definition) is 6. The van der Waals surface area contributed by atoms with E-state index in [0.29, 0.717) is 0 Å². The zero-order valence-electron chi connectivity index (χ0n) is 19.7.